The first kappa shape index (κ1) is 13.7. The number of carbonyl (C=O) groups is 3. The van der Waals surface area contributed by atoms with Crippen LogP contribution in [0.3, 0.4) is 0 Å². The number of ether oxygens (including phenoxy) is 2. The summed E-state index contributed by atoms with van der Waals surface area (Å²) in [4.78, 5) is 36.9. The maximum Gasteiger partial charge on any atom is 0.290 e. The normalized spacial score (nSPS) is 24.9. The Morgan fingerprint density at radius 2 is 1.67 bits per heavy atom. The Labute approximate surface area is 119 Å². The minimum atomic E-state index is -1.12. The van der Waals surface area contributed by atoms with Crippen molar-refractivity contribution in [1.82, 2.24) is 10.3 Å². The number of hydrogen-bond donors (Lipinski definition) is 2. The fourth-order valence-corrected chi connectivity index (χ4v) is 2.40. The van der Waals surface area contributed by atoms with Crippen LogP contribution in [-0.2, 0) is 14.3 Å². The number of fused-ring (bicyclic) bond motifs is 1. The van der Waals surface area contributed by atoms with Gasteiger partial charge in [-0.2, -0.15) is 0 Å². The lowest BCUT2D eigenvalue weighted by molar-refractivity contribution is -0.201. The summed E-state index contributed by atoms with van der Waals surface area (Å²) >= 11 is 0. The Kier molecular flexibility index (Phi) is 3.42. The Morgan fingerprint density at radius 1 is 1.14 bits per heavy atom. The van der Waals surface area contributed by atoms with E-state index in [1.807, 2.05) is 5.43 Å². The Bertz CT molecular complexity index is 575. The highest BCUT2D eigenvalue weighted by molar-refractivity contribution is 6.21. The van der Waals surface area contributed by atoms with Crippen molar-refractivity contribution in [3.05, 3.63) is 35.4 Å². The monoisotopic (exact) mass is 291 g/mol. The van der Waals surface area contributed by atoms with Crippen LogP contribution in [0.4, 0.5) is 0 Å². The van der Waals surface area contributed by atoms with Gasteiger partial charge in [0.2, 0.25) is 6.29 Å². The molecule has 21 heavy (non-hydrogen) atoms. The summed E-state index contributed by atoms with van der Waals surface area (Å²) in [6.07, 6.45) is -1.12. The molecule has 3 N–H and O–H groups in total. The molecule has 0 unspecified atom stereocenters. The van der Waals surface area contributed by atoms with Gasteiger partial charge in [0.25, 0.3) is 17.7 Å². The third kappa shape index (κ3) is 2.19. The predicted octanol–water partition coefficient (Wildman–Crippen LogP) is -0.986. The number of hydrazine groups is 1. The standard InChI is InChI=1S/C13H13N3O5/c14-15-10(17)13-20-5-7(6-21-13)16-11(18)8-3-1-2-4-9(8)12(16)19/h1-4,7,13H,5-6,14H2,(H,15,17)/t7-,13-. The predicted molar refractivity (Wildman–Crippen MR) is 68.8 cm³/mol. The third-order valence-electron chi connectivity index (χ3n) is 3.43. The van der Waals surface area contributed by atoms with Gasteiger partial charge in [-0.3, -0.25) is 24.7 Å². The van der Waals surface area contributed by atoms with Crippen LogP contribution in [0.2, 0.25) is 0 Å². The maximum absolute atomic E-state index is 12.3. The summed E-state index contributed by atoms with van der Waals surface area (Å²) < 4.78 is 10.4. The topological polar surface area (TPSA) is 111 Å². The van der Waals surface area contributed by atoms with E-state index in [0.717, 1.165) is 4.90 Å². The number of nitrogens with two attached hydrogens (primary N) is 1. The van der Waals surface area contributed by atoms with Gasteiger partial charge in [-0.15, -0.1) is 0 Å². The maximum atomic E-state index is 12.3. The van der Waals surface area contributed by atoms with E-state index >= 15 is 0 Å². The molecule has 3 amide bonds. The largest absolute Gasteiger partial charge is 0.342 e. The molecular formula is C13H13N3O5. The number of nitrogens with zero attached hydrogens (tertiary/aromatic N) is 1. The average Bonchev–Trinajstić information content (AvgIpc) is 2.79. The molecule has 1 saturated heterocycles. The van der Waals surface area contributed by atoms with Crippen molar-refractivity contribution in [2.24, 2.45) is 5.84 Å². The van der Waals surface area contributed by atoms with Crippen LogP contribution in [0, 0.1) is 0 Å². The zero-order chi connectivity index (χ0) is 15.0. The van der Waals surface area contributed by atoms with Gasteiger partial charge in [0.05, 0.1) is 30.4 Å². The van der Waals surface area contributed by atoms with E-state index < -0.39 is 18.2 Å². The second kappa shape index (κ2) is 5.24. The quantitative estimate of drug-likeness (QED) is 0.313. The van der Waals surface area contributed by atoms with Crippen LogP contribution < -0.4 is 11.3 Å². The van der Waals surface area contributed by atoms with E-state index in [4.69, 9.17) is 15.3 Å². The number of carbonyl (C=O) groups excluding carboxylic acids is 3. The lowest BCUT2D eigenvalue weighted by atomic mass is 10.1. The summed E-state index contributed by atoms with van der Waals surface area (Å²) in [5, 5.41) is 0. The van der Waals surface area contributed by atoms with Gasteiger partial charge in [0.1, 0.15) is 0 Å². The molecule has 0 radical (unpaired) electrons. The zero-order valence-electron chi connectivity index (χ0n) is 10.9. The summed E-state index contributed by atoms with van der Waals surface area (Å²) in [7, 11) is 0. The van der Waals surface area contributed by atoms with Gasteiger partial charge in [0, 0.05) is 0 Å². The molecule has 3 rings (SSSR count). The highest BCUT2D eigenvalue weighted by atomic mass is 16.7. The Balaban J connectivity index is 1.74. The average molecular weight is 291 g/mol. The second-order valence-electron chi connectivity index (χ2n) is 4.69. The van der Waals surface area contributed by atoms with Crippen LogP contribution in [0.25, 0.3) is 0 Å². The molecule has 0 aliphatic carbocycles. The van der Waals surface area contributed by atoms with Crippen LogP contribution in [0.5, 0.6) is 0 Å². The smallest absolute Gasteiger partial charge is 0.290 e. The first-order valence-electron chi connectivity index (χ1n) is 6.34. The summed E-state index contributed by atoms with van der Waals surface area (Å²) in [6.45, 7) is 0.0348. The van der Waals surface area contributed by atoms with Gasteiger partial charge in [-0.05, 0) is 12.1 Å². The molecule has 2 aliphatic rings. The molecule has 0 spiro atoms. The summed E-state index contributed by atoms with van der Waals surface area (Å²) in [5.74, 6) is 3.61. The highest BCUT2D eigenvalue weighted by Gasteiger charge is 2.42. The van der Waals surface area contributed by atoms with E-state index in [2.05, 4.69) is 0 Å². The SMILES string of the molecule is NNC(=O)[C@H]1OC[C@H](N2C(=O)c3ccccc3C2=O)CO1. The lowest BCUT2D eigenvalue weighted by Gasteiger charge is -2.32. The van der Waals surface area contributed by atoms with Crippen molar-refractivity contribution in [3.8, 4) is 0 Å². The van der Waals surface area contributed by atoms with Crippen molar-refractivity contribution in [1.29, 1.82) is 0 Å². The van der Waals surface area contributed by atoms with Crippen LogP contribution >= 0.6 is 0 Å². The van der Waals surface area contributed by atoms with E-state index in [1.54, 1.807) is 24.3 Å². The van der Waals surface area contributed by atoms with Gasteiger partial charge in [-0.25, -0.2) is 5.84 Å². The van der Waals surface area contributed by atoms with Crippen LogP contribution in [0.15, 0.2) is 24.3 Å². The number of imide groups is 1. The molecule has 0 aromatic heterocycles. The Hall–Kier alpha value is -2.29. The van der Waals surface area contributed by atoms with Crippen LogP contribution in [-0.4, -0.2) is 48.2 Å². The van der Waals surface area contributed by atoms with Crippen molar-refractivity contribution >= 4 is 17.7 Å². The molecule has 1 fully saturated rings. The second-order valence-corrected chi connectivity index (χ2v) is 4.69. The van der Waals surface area contributed by atoms with Gasteiger partial charge in [-0.1, -0.05) is 12.1 Å². The molecule has 110 valence electrons. The van der Waals surface area contributed by atoms with Crippen molar-refractivity contribution in [2.75, 3.05) is 13.2 Å². The summed E-state index contributed by atoms with van der Waals surface area (Å²) in [5.41, 5.74) is 2.64. The van der Waals surface area contributed by atoms with Crippen molar-refractivity contribution in [2.45, 2.75) is 12.3 Å². The van der Waals surface area contributed by atoms with Gasteiger partial charge >= 0.3 is 0 Å². The molecule has 8 heteroatoms. The third-order valence-corrected chi connectivity index (χ3v) is 3.43. The minimum absolute atomic E-state index is 0.0174. The number of rotatable bonds is 2. The van der Waals surface area contributed by atoms with Crippen LogP contribution in [0.1, 0.15) is 20.7 Å². The van der Waals surface area contributed by atoms with Crippen molar-refractivity contribution < 1.29 is 23.9 Å². The molecular weight excluding hydrogens is 278 g/mol. The van der Waals surface area contributed by atoms with Crippen molar-refractivity contribution in [3.63, 3.8) is 0 Å². The van der Waals surface area contributed by atoms with E-state index in [-0.39, 0.29) is 25.0 Å². The van der Waals surface area contributed by atoms with E-state index in [1.165, 1.54) is 0 Å². The molecule has 0 saturated carbocycles. The molecule has 2 aliphatic heterocycles. The van der Waals surface area contributed by atoms with Gasteiger partial charge in [0.15, 0.2) is 0 Å². The first-order chi connectivity index (χ1) is 10.1. The minimum Gasteiger partial charge on any atom is -0.342 e. The zero-order valence-corrected chi connectivity index (χ0v) is 10.9. The first-order valence-corrected chi connectivity index (χ1v) is 6.34. The molecule has 8 nitrogen and oxygen atoms in total. The number of benzene rings is 1. The lowest BCUT2D eigenvalue weighted by Crippen LogP contribution is -2.53. The summed E-state index contributed by atoms with van der Waals surface area (Å²) in [6, 6.07) is 6.03. The fourth-order valence-electron chi connectivity index (χ4n) is 2.40. The number of amides is 3. The molecule has 0 atom stereocenters. The van der Waals surface area contributed by atoms with Gasteiger partial charge < -0.3 is 9.47 Å². The Morgan fingerprint density at radius 3 is 2.14 bits per heavy atom. The fraction of sp³-hybridized carbons (Fsp3) is 0.308. The number of nitrogens with one attached hydrogen (secondary N) is 1. The molecule has 0 bridgehead atoms. The highest BCUT2D eigenvalue weighted by Crippen LogP contribution is 2.26. The molecule has 1 aromatic carbocycles. The molecule has 1 aromatic rings. The van der Waals surface area contributed by atoms with E-state index in [0.29, 0.717) is 11.1 Å². The molecule has 2 heterocycles. The number of hydrogen-bond acceptors (Lipinski definition) is 6. The van der Waals surface area contributed by atoms with E-state index in [9.17, 15) is 14.4 Å².